The number of hydrogen-bond donors (Lipinski definition) is 1. The number of benzene rings is 4. The first-order chi connectivity index (χ1) is 20.0. The van der Waals surface area contributed by atoms with Crippen LogP contribution in [0.3, 0.4) is 0 Å². The Hall–Kier alpha value is -3.90. The number of halogens is 2. The summed E-state index contributed by atoms with van der Waals surface area (Å²) in [7, 11) is 0. The number of anilines is 1. The van der Waals surface area contributed by atoms with Gasteiger partial charge < -0.3 is 14.8 Å². The number of rotatable bonds is 8. The Labute approximate surface area is 249 Å². The van der Waals surface area contributed by atoms with Crippen LogP contribution in [0.4, 0.5) is 15.8 Å². The minimum Gasteiger partial charge on any atom is -0.490 e. The van der Waals surface area contributed by atoms with E-state index in [4.69, 9.17) is 14.5 Å². The zero-order chi connectivity index (χ0) is 28.3. The lowest BCUT2D eigenvalue weighted by Crippen LogP contribution is -2.29. The van der Waals surface area contributed by atoms with Crippen LogP contribution in [0.15, 0.2) is 100 Å². The van der Waals surface area contributed by atoms with Crippen molar-refractivity contribution in [1.29, 1.82) is 0 Å². The average Bonchev–Trinajstić information content (AvgIpc) is 3.47. The molecule has 1 aliphatic carbocycles. The molecular formula is C35H32BrFN2O2. The molecule has 6 rings (SSSR count). The van der Waals surface area contributed by atoms with E-state index in [0.29, 0.717) is 35.5 Å². The SMILES string of the molecule is CCOc1cc(C=Nc2ccc([C@@H]3Nc4ccc(C)cc4[C@@H]4C=CC[C@H]43)cc2)cc(Br)c1OCc1ccccc1F. The number of aryl methyl sites for hydroxylation is 1. The molecule has 0 unspecified atom stereocenters. The van der Waals surface area contributed by atoms with Gasteiger partial charge in [-0.25, -0.2) is 4.39 Å². The quantitative estimate of drug-likeness (QED) is 0.159. The number of ether oxygens (including phenoxy) is 2. The Morgan fingerprint density at radius 1 is 1.02 bits per heavy atom. The van der Waals surface area contributed by atoms with E-state index in [1.54, 1.807) is 18.2 Å². The summed E-state index contributed by atoms with van der Waals surface area (Å²) in [6.45, 7) is 4.65. The Kier molecular flexibility index (Phi) is 7.93. The minimum absolute atomic E-state index is 0.101. The lowest BCUT2D eigenvalue weighted by molar-refractivity contribution is 0.264. The molecule has 1 N–H and O–H groups in total. The first-order valence-corrected chi connectivity index (χ1v) is 14.8. The zero-order valence-electron chi connectivity index (χ0n) is 23.1. The van der Waals surface area contributed by atoms with Gasteiger partial charge in [0, 0.05) is 23.4 Å². The molecule has 2 aliphatic rings. The molecule has 208 valence electrons. The molecule has 0 fully saturated rings. The molecule has 0 radical (unpaired) electrons. The largest absolute Gasteiger partial charge is 0.490 e. The van der Waals surface area contributed by atoms with Crippen LogP contribution in [0.2, 0.25) is 0 Å². The van der Waals surface area contributed by atoms with Gasteiger partial charge in [0.2, 0.25) is 0 Å². The molecule has 0 bridgehead atoms. The molecular weight excluding hydrogens is 579 g/mol. The van der Waals surface area contributed by atoms with Crippen molar-refractivity contribution in [2.45, 2.75) is 38.8 Å². The van der Waals surface area contributed by atoms with Gasteiger partial charge in [-0.05, 0) is 95.2 Å². The van der Waals surface area contributed by atoms with Crippen molar-refractivity contribution in [2.75, 3.05) is 11.9 Å². The number of fused-ring (bicyclic) bond motifs is 3. The summed E-state index contributed by atoms with van der Waals surface area (Å²) in [4.78, 5) is 4.73. The van der Waals surface area contributed by atoms with E-state index in [-0.39, 0.29) is 18.5 Å². The third kappa shape index (κ3) is 5.80. The van der Waals surface area contributed by atoms with E-state index >= 15 is 0 Å². The third-order valence-corrected chi connectivity index (χ3v) is 8.38. The van der Waals surface area contributed by atoms with Crippen LogP contribution < -0.4 is 14.8 Å². The Morgan fingerprint density at radius 2 is 1.85 bits per heavy atom. The van der Waals surface area contributed by atoms with Gasteiger partial charge in [0.05, 0.1) is 22.8 Å². The zero-order valence-corrected chi connectivity index (χ0v) is 24.7. The van der Waals surface area contributed by atoms with Gasteiger partial charge in [-0.1, -0.05) is 60.2 Å². The molecule has 1 heterocycles. The lowest BCUT2D eigenvalue weighted by Gasteiger charge is -2.37. The van der Waals surface area contributed by atoms with Gasteiger partial charge in [0.25, 0.3) is 0 Å². The first-order valence-electron chi connectivity index (χ1n) is 14.0. The van der Waals surface area contributed by atoms with Crippen molar-refractivity contribution in [2.24, 2.45) is 10.9 Å². The summed E-state index contributed by atoms with van der Waals surface area (Å²) < 4.78 is 26.6. The molecule has 1 aliphatic heterocycles. The van der Waals surface area contributed by atoms with Crippen molar-refractivity contribution in [3.05, 3.63) is 129 Å². The van der Waals surface area contributed by atoms with Crippen molar-refractivity contribution in [3.63, 3.8) is 0 Å². The Morgan fingerprint density at radius 3 is 2.66 bits per heavy atom. The van der Waals surface area contributed by atoms with Crippen LogP contribution in [0, 0.1) is 18.7 Å². The van der Waals surface area contributed by atoms with E-state index in [1.807, 2.05) is 25.3 Å². The first kappa shape index (κ1) is 27.3. The van der Waals surface area contributed by atoms with Crippen molar-refractivity contribution < 1.29 is 13.9 Å². The molecule has 6 heteroatoms. The van der Waals surface area contributed by atoms with E-state index in [9.17, 15) is 4.39 Å². The van der Waals surface area contributed by atoms with Gasteiger partial charge in [-0.3, -0.25) is 4.99 Å². The summed E-state index contributed by atoms with van der Waals surface area (Å²) in [6.07, 6.45) is 7.59. The van der Waals surface area contributed by atoms with E-state index in [1.165, 1.54) is 28.4 Å². The van der Waals surface area contributed by atoms with Crippen LogP contribution in [0.25, 0.3) is 0 Å². The van der Waals surface area contributed by atoms with Crippen LogP contribution in [-0.2, 0) is 6.61 Å². The van der Waals surface area contributed by atoms with Gasteiger partial charge in [-0.2, -0.15) is 0 Å². The van der Waals surface area contributed by atoms with E-state index in [0.717, 1.165) is 22.1 Å². The topological polar surface area (TPSA) is 42.8 Å². The molecule has 0 spiro atoms. The fourth-order valence-electron chi connectivity index (χ4n) is 5.79. The average molecular weight is 612 g/mol. The summed E-state index contributed by atoms with van der Waals surface area (Å²) >= 11 is 3.61. The van der Waals surface area contributed by atoms with E-state index in [2.05, 4.69) is 82.8 Å². The molecule has 0 amide bonds. The summed E-state index contributed by atoms with van der Waals surface area (Å²) in [5, 5.41) is 3.81. The predicted molar refractivity (Wildman–Crippen MR) is 167 cm³/mol. The molecule has 0 aromatic heterocycles. The second-order valence-corrected chi connectivity index (χ2v) is 11.4. The fourth-order valence-corrected chi connectivity index (χ4v) is 6.37. The van der Waals surface area contributed by atoms with Crippen LogP contribution in [-0.4, -0.2) is 12.8 Å². The highest BCUT2D eigenvalue weighted by Crippen LogP contribution is 2.50. The number of aliphatic imine (C=N–C) groups is 1. The number of nitrogens with zero attached hydrogens (tertiary/aromatic N) is 1. The molecule has 41 heavy (non-hydrogen) atoms. The molecule has 0 saturated carbocycles. The van der Waals surface area contributed by atoms with Crippen LogP contribution in [0.5, 0.6) is 11.5 Å². The fraction of sp³-hybridized carbons (Fsp3) is 0.229. The highest BCUT2D eigenvalue weighted by atomic mass is 79.9. The predicted octanol–water partition coefficient (Wildman–Crippen LogP) is 9.45. The van der Waals surface area contributed by atoms with Crippen molar-refractivity contribution >= 4 is 33.5 Å². The normalized spacial score (nSPS) is 19.1. The summed E-state index contributed by atoms with van der Waals surface area (Å²) in [6, 6.07) is 25.9. The standard InChI is InChI=1S/C35H32BrFN2O2/c1-3-40-33-19-23(18-30(36)35(33)41-21-25-7-4-5-10-31(25)37)20-38-26-14-12-24(13-15-26)34-28-9-6-8-27(28)29-17-22(2)11-16-32(29)39-34/h4-8,10-20,27-28,34,39H,3,9,21H2,1-2H3/t27-,28-,34+/m1/s1. The third-order valence-electron chi connectivity index (χ3n) is 7.79. The number of hydrogen-bond acceptors (Lipinski definition) is 4. The minimum atomic E-state index is -0.296. The molecule has 3 atom stereocenters. The summed E-state index contributed by atoms with van der Waals surface area (Å²) in [5.74, 6) is 1.77. The maximum Gasteiger partial charge on any atom is 0.175 e. The smallest absolute Gasteiger partial charge is 0.175 e. The van der Waals surface area contributed by atoms with E-state index < -0.39 is 0 Å². The van der Waals surface area contributed by atoms with Crippen molar-refractivity contribution in [1.82, 2.24) is 0 Å². The molecule has 4 nitrogen and oxygen atoms in total. The number of nitrogens with one attached hydrogen (secondary N) is 1. The lowest BCUT2D eigenvalue weighted by atomic mass is 9.76. The maximum absolute atomic E-state index is 14.1. The second-order valence-electron chi connectivity index (χ2n) is 10.6. The highest BCUT2D eigenvalue weighted by molar-refractivity contribution is 9.10. The highest BCUT2D eigenvalue weighted by Gasteiger charge is 2.37. The second kappa shape index (κ2) is 11.9. The van der Waals surface area contributed by atoms with Gasteiger partial charge in [-0.15, -0.1) is 0 Å². The van der Waals surface area contributed by atoms with Crippen LogP contribution >= 0.6 is 15.9 Å². The summed E-state index contributed by atoms with van der Waals surface area (Å²) in [5.41, 5.74) is 7.43. The molecule has 4 aromatic carbocycles. The van der Waals surface area contributed by atoms with Gasteiger partial charge in [0.15, 0.2) is 11.5 Å². The monoisotopic (exact) mass is 610 g/mol. The molecule has 4 aromatic rings. The molecule has 0 saturated heterocycles. The Bertz CT molecular complexity index is 1620. The van der Waals surface area contributed by atoms with Gasteiger partial charge in [0.1, 0.15) is 12.4 Å². The van der Waals surface area contributed by atoms with Gasteiger partial charge >= 0.3 is 0 Å². The maximum atomic E-state index is 14.1. The number of allylic oxidation sites excluding steroid dienone is 2. The van der Waals surface area contributed by atoms with Crippen LogP contribution in [0.1, 0.15) is 53.1 Å². The Balaban J connectivity index is 1.18. The van der Waals surface area contributed by atoms with Crippen molar-refractivity contribution in [3.8, 4) is 11.5 Å².